The first-order chi connectivity index (χ1) is 15.9. The molecule has 2 heterocycles. The minimum atomic E-state index is -3.83. The average Bonchev–Trinajstić information content (AvgIpc) is 3.36. The lowest BCUT2D eigenvalue weighted by atomic mass is 9.84. The van der Waals surface area contributed by atoms with Gasteiger partial charge in [-0.25, -0.2) is 16.8 Å². The van der Waals surface area contributed by atoms with Crippen molar-refractivity contribution in [1.82, 2.24) is 13.9 Å². The van der Waals surface area contributed by atoms with Crippen LogP contribution >= 0.6 is 0 Å². The Morgan fingerprint density at radius 3 is 2.27 bits per heavy atom. The summed E-state index contributed by atoms with van der Waals surface area (Å²) in [5, 5.41) is 3.14. The molecule has 0 radical (unpaired) electrons. The predicted octanol–water partition coefficient (Wildman–Crippen LogP) is 2.14. The number of hydrogen-bond acceptors (Lipinski definition) is 6. The van der Waals surface area contributed by atoms with Gasteiger partial charge in [-0.15, -0.1) is 0 Å². The maximum Gasteiger partial charge on any atom is 0.243 e. The van der Waals surface area contributed by atoms with Gasteiger partial charge in [0, 0.05) is 45.9 Å². The highest BCUT2D eigenvalue weighted by Gasteiger charge is 2.32. The standard InChI is InChI=1S/C23H37N3O5S2/c27-32(28,25-14-12-24-13-15-25)18-16-26(19-22-7-4-17-31-22)33(29,30)23-10-8-21(9-11-23)20-5-2-1-3-6-20/h8-11,20,22,24H,1-7,12-19H2. The molecule has 33 heavy (non-hydrogen) atoms. The Hall–Kier alpha value is -1.04. The lowest BCUT2D eigenvalue weighted by molar-refractivity contribution is 0.0947. The number of ether oxygens (including phenoxy) is 1. The van der Waals surface area contributed by atoms with Gasteiger partial charge in [0.2, 0.25) is 20.0 Å². The normalized spacial score (nSPS) is 23.8. The molecular weight excluding hydrogens is 462 g/mol. The summed E-state index contributed by atoms with van der Waals surface area (Å²) < 4.78 is 61.3. The van der Waals surface area contributed by atoms with Crippen LogP contribution in [0.15, 0.2) is 29.2 Å². The fraction of sp³-hybridized carbons (Fsp3) is 0.739. The SMILES string of the molecule is O=S(=O)(CCN(CC1CCCO1)S(=O)(=O)c1ccc(C2CCCCC2)cc1)N1CCNCC1. The van der Waals surface area contributed by atoms with E-state index in [4.69, 9.17) is 4.74 Å². The van der Waals surface area contributed by atoms with Crippen LogP contribution in [0.1, 0.15) is 56.4 Å². The Bertz CT molecular complexity index is 964. The van der Waals surface area contributed by atoms with Crippen molar-refractivity contribution in [3.8, 4) is 0 Å². The number of hydrogen-bond donors (Lipinski definition) is 1. The third-order valence-electron chi connectivity index (χ3n) is 7.09. The highest BCUT2D eigenvalue weighted by Crippen LogP contribution is 2.33. The summed E-state index contributed by atoms with van der Waals surface area (Å²) in [5.74, 6) is 0.279. The Labute approximate surface area is 198 Å². The fourth-order valence-corrected chi connectivity index (χ4v) is 8.13. The molecule has 1 atom stereocenters. The second-order valence-electron chi connectivity index (χ2n) is 9.37. The molecule has 0 amide bonds. The minimum Gasteiger partial charge on any atom is -0.377 e. The highest BCUT2D eigenvalue weighted by atomic mass is 32.2. The van der Waals surface area contributed by atoms with Crippen molar-refractivity contribution >= 4 is 20.0 Å². The molecule has 3 aliphatic rings. The van der Waals surface area contributed by atoms with Gasteiger partial charge >= 0.3 is 0 Å². The molecule has 0 spiro atoms. The van der Waals surface area contributed by atoms with Crippen molar-refractivity contribution in [2.24, 2.45) is 0 Å². The largest absolute Gasteiger partial charge is 0.377 e. The summed E-state index contributed by atoms with van der Waals surface area (Å²) in [7, 11) is -7.36. The molecular formula is C23H37N3O5S2. The van der Waals surface area contributed by atoms with Crippen LogP contribution in [0, 0.1) is 0 Å². The first-order valence-corrected chi connectivity index (χ1v) is 15.3. The molecule has 0 bridgehead atoms. The van der Waals surface area contributed by atoms with E-state index in [1.165, 1.54) is 33.4 Å². The summed E-state index contributed by atoms with van der Waals surface area (Å²) in [6.07, 6.45) is 7.52. The van der Waals surface area contributed by atoms with Gasteiger partial charge in [0.25, 0.3) is 0 Å². The van der Waals surface area contributed by atoms with Crippen LogP contribution < -0.4 is 5.32 Å². The van der Waals surface area contributed by atoms with Crippen molar-refractivity contribution in [3.63, 3.8) is 0 Å². The molecule has 10 heteroatoms. The fourth-order valence-electron chi connectivity index (χ4n) is 5.09. The van der Waals surface area contributed by atoms with Crippen molar-refractivity contribution in [2.45, 2.75) is 61.9 Å². The van der Waals surface area contributed by atoms with Gasteiger partial charge in [0.1, 0.15) is 0 Å². The first-order valence-electron chi connectivity index (χ1n) is 12.3. The van der Waals surface area contributed by atoms with E-state index in [0.29, 0.717) is 38.7 Å². The Balaban J connectivity index is 1.49. The zero-order chi connectivity index (χ0) is 23.3. The zero-order valence-electron chi connectivity index (χ0n) is 19.3. The summed E-state index contributed by atoms with van der Waals surface area (Å²) in [6.45, 7) is 2.80. The van der Waals surface area contributed by atoms with E-state index in [-0.39, 0.29) is 29.8 Å². The van der Waals surface area contributed by atoms with Crippen LogP contribution in [0.5, 0.6) is 0 Å². The van der Waals surface area contributed by atoms with E-state index >= 15 is 0 Å². The number of piperazine rings is 1. The smallest absolute Gasteiger partial charge is 0.243 e. The third kappa shape index (κ3) is 6.35. The Kier molecular flexibility index (Phi) is 8.46. The van der Waals surface area contributed by atoms with Gasteiger partial charge in [0.05, 0.1) is 16.8 Å². The second-order valence-corrected chi connectivity index (χ2v) is 13.4. The molecule has 4 rings (SSSR count). The molecule has 1 aromatic carbocycles. The van der Waals surface area contributed by atoms with Gasteiger partial charge in [-0.2, -0.15) is 8.61 Å². The number of nitrogens with zero attached hydrogens (tertiary/aromatic N) is 2. The van der Waals surface area contributed by atoms with Crippen LogP contribution in [-0.4, -0.2) is 83.2 Å². The monoisotopic (exact) mass is 499 g/mol. The van der Waals surface area contributed by atoms with Crippen LogP contribution in [0.3, 0.4) is 0 Å². The van der Waals surface area contributed by atoms with Crippen LogP contribution in [-0.2, 0) is 24.8 Å². The number of sulfonamides is 2. The molecule has 8 nitrogen and oxygen atoms in total. The minimum absolute atomic E-state index is 0.0706. The van der Waals surface area contributed by atoms with Gasteiger partial charge in [-0.1, -0.05) is 31.4 Å². The summed E-state index contributed by atoms with van der Waals surface area (Å²) in [4.78, 5) is 0.222. The number of benzene rings is 1. The second kappa shape index (κ2) is 11.1. The predicted molar refractivity (Wildman–Crippen MR) is 128 cm³/mol. The van der Waals surface area contributed by atoms with Crippen molar-refractivity contribution in [1.29, 1.82) is 0 Å². The molecule has 3 fully saturated rings. The maximum absolute atomic E-state index is 13.6. The Morgan fingerprint density at radius 1 is 0.939 bits per heavy atom. The van der Waals surface area contributed by atoms with Gasteiger partial charge in [-0.3, -0.25) is 0 Å². The highest BCUT2D eigenvalue weighted by molar-refractivity contribution is 7.90. The van der Waals surface area contributed by atoms with Gasteiger partial charge in [0.15, 0.2) is 0 Å². The maximum atomic E-state index is 13.6. The van der Waals surface area contributed by atoms with E-state index in [9.17, 15) is 16.8 Å². The van der Waals surface area contributed by atoms with E-state index in [0.717, 1.165) is 25.7 Å². The van der Waals surface area contributed by atoms with E-state index in [1.807, 2.05) is 12.1 Å². The quantitative estimate of drug-likeness (QED) is 0.559. The molecule has 1 N–H and O–H groups in total. The average molecular weight is 500 g/mol. The molecule has 1 unspecified atom stereocenters. The molecule has 1 saturated carbocycles. The lowest BCUT2D eigenvalue weighted by Crippen LogP contribution is -2.49. The molecule has 186 valence electrons. The molecule has 0 aromatic heterocycles. The van der Waals surface area contributed by atoms with Crippen molar-refractivity contribution in [2.75, 3.05) is 51.6 Å². The van der Waals surface area contributed by atoms with Gasteiger partial charge < -0.3 is 10.1 Å². The molecule has 2 aliphatic heterocycles. The lowest BCUT2D eigenvalue weighted by Gasteiger charge is -2.29. The number of rotatable bonds is 9. The van der Waals surface area contributed by atoms with Gasteiger partial charge in [-0.05, 0) is 49.3 Å². The summed E-state index contributed by atoms with van der Waals surface area (Å²) >= 11 is 0. The van der Waals surface area contributed by atoms with Crippen molar-refractivity contribution in [3.05, 3.63) is 29.8 Å². The number of nitrogens with one attached hydrogen (secondary N) is 1. The molecule has 1 aromatic rings. The molecule has 1 aliphatic carbocycles. The van der Waals surface area contributed by atoms with Crippen molar-refractivity contribution < 1.29 is 21.6 Å². The van der Waals surface area contributed by atoms with E-state index in [2.05, 4.69) is 5.32 Å². The Morgan fingerprint density at radius 2 is 1.64 bits per heavy atom. The van der Waals surface area contributed by atoms with Crippen LogP contribution in [0.2, 0.25) is 0 Å². The van der Waals surface area contributed by atoms with Crippen LogP contribution in [0.25, 0.3) is 0 Å². The third-order valence-corrected chi connectivity index (χ3v) is 10.8. The summed E-state index contributed by atoms with van der Waals surface area (Å²) in [6, 6.07) is 7.24. The van der Waals surface area contributed by atoms with E-state index in [1.54, 1.807) is 12.1 Å². The first kappa shape index (κ1) is 25.1. The topological polar surface area (TPSA) is 96.0 Å². The van der Waals surface area contributed by atoms with E-state index < -0.39 is 20.0 Å². The molecule has 2 saturated heterocycles. The van der Waals surface area contributed by atoms with Crippen LogP contribution in [0.4, 0.5) is 0 Å². The summed E-state index contributed by atoms with van der Waals surface area (Å²) in [5.41, 5.74) is 1.20. The zero-order valence-corrected chi connectivity index (χ0v) is 21.0.